The third-order valence-corrected chi connectivity index (χ3v) is 4.69. The lowest BCUT2D eigenvalue weighted by molar-refractivity contribution is 0.00386. The van der Waals surface area contributed by atoms with Crippen LogP contribution in [0.5, 0.6) is 0 Å². The molecule has 6 heteroatoms. The normalized spacial score (nSPS) is 10.8. The van der Waals surface area contributed by atoms with E-state index in [-0.39, 0.29) is 0 Å². The molecule has 0 fully saturated rings. The highest BCUT2D eigenvalue weighted by Gasteiger charge is 2.03. The summed E-state index contributed by atoms with van der Waals surface area (Å²) in [7, 11) is 1.65. The fourth-order valence-corrected chi connectivity index (χ4v) is 2.90. The highest BCUT2D eigenvalue weighted by Crippen LogP contribution is 2.32. The molecular weight excluding hydrogens is 334 g/mol. The fraction of sp³-hybridized carbons (Fsp3) is 0.500. The molecule has 3 nitrogen and oxygen atoms in total. The van der Waals surface area contributed by atoms with E-state index < -0.39 is 0 Å². The summed E-state index contributed by atoms with van der Waals surface area (Å²) in [6, 6.07) is 2.06. The van der Waals surface area contributed by atoms with Crippen LogP contribution in [0.3, 0.4) is 0 Å². The number of halogens is 2. The van der Waals surface area contributed by atoms with Gasteiger partial charge in [0.1, 0.15) is 0 Å². The number of thiophene rings is 1. The van der Waals surface area contributed by atoms with Gasteiger partial charge in [0.25, 0.3) is 0 Å². The van der Waals surface area contributed by atoms with Gasteiger partial charge in [-0.2, -0.15) is 5.48 Å². The van der Waals surface area contributed by atoms with Gasteiger partial charge >= 0.3 is 0 Å². The average molecular weight is 345 g/mol. The minimum absolute atomic E-state index is 0.560. The average Bonchev–Trinajstić information content (AvgIpc) is 2.46. The number of hydrogen-bond acceptors (Lipinski definition) is 4. The van der Waals surface area contributed by atoms with Gasteiger partial charge in [-0.25, -0.2) is 0 Å². The highest BCUT2D eigenvalue weighted by molar-refractivity contribution is 9.13. The maximum absolute atomic E-state index is 5.13. The van der Waals surface area contributed by atoms with Gasteiger partial charge in [0, 0.05) is 16.5 Å². The molecule has 0 aliphatic rings. The molecule has 0 aliphatic carbocycles. The van der Waals surface area contributed by atoms with Crippen LogP contribution in [0.15, 0.2) is 14.3 Å². The first-order valence-corrected chi connectivity index (χ1v) is 6.41. The molecule has 1 heterocycles. The van der Waals surface area contributed by atoms with Crippen LogP contribution in [0.1, 0.15) is 4.88 Å². The zero-order valence-electron chi connectivity index (χ0n) is 7.68. The Hall–Kier alpha value is 0.540. The minimum atomic E-state index is 0.560. The first-order valence-electron chi connectivity index (χ1n) is 4.01. The van der Waals surface area contributed by atoms with Gasteiger partial charge in [-0.1, -0.05) is 0 Å². The van der Waals surface area contributed by atoms with Crippen molar-refractivity contribution in [2.24, 2.45) is 0 Å². The van der Waals surface area contributed by atoms with Crippen molar-refractivity contribution in [3.8, 4) is 0 Å². The molecular formula is C8H11Br2NO2S. The predicted octanol–water partition coefficient (Wildman–Crippen LogP) is 2.94. The number of rotatable bonds is 6. The zero-order chi connectivity index (χ0) is 10.4. The van der Waals surface area contributed by atoms with Crippen LogP contribution in [0.4, 0.5) is 0 Å². The Labute approximate surface area is 104 Å². The summed E-state index contributed by atoms with van der Waals surface area (Å²) in [5, 5.41) is 0. The van der Waals surface area contributed by atoms with Crippen molar-refractivity contribution >= 4 is 43.2 Å². The van der Waals surface area contributed by atoms with Crippen LogP contribution in [0.25, 0.3) is 0 Å². The van der Waals surface area contributed by atoms with E-state index >= 15 is 0 Å². The molecule has 1 rings (SSSR count). The Morgan fingerprint density at radius 1 is 1.43 bits per heavy atom. The lowest BCUT2D eigenvalue weighted by Gasteiger charge is -2.02. The lowest BCUT2D eigenvalue weighted by atomic mass is 10.5. The molecule has 1 aromatic heterocycles. The maximum atomic E-state index is 5.13. The fourth-order valence-electron chi connectivity index (χ4n) is 0.798. The second-order valence-electron chi connectivity index (χ2n) is 2.50. The lowest BCUT2D eigenvalue weighted by Crippen LogP contribution is -2.16. The molecule has 0 aromatic carbocycles. The van der Waals surface area contributed by atoms with E-state index in [1.54, 1.807) is 18.4 Å². The topological polar surface area (TPSA) is 30.5 Å². The van der Waals surface area contributed by atoms with E-state index in [4.69, 9.17) is 9.57 Å². The summed E-state index contributed by atoms with van der Waals surface area (Å²) < 4.78 is 7.02. The van der Waals surface area contributed by atoms with Crippen molar-refractivity contribution in [1.29, 1.82) is 0 Å². The van der Waals surface area contributed by atoms with Crippen LogP contribution in [-0.4, -0.2) is 20.3 Å². The van der Waals surface area contributed by atoms with Gasteiger partial charge in [0.2, 0.25) is 0 Å². The summed E-state index contributed by atoms with van der Waals surface area (Å²) in [6.07, 6.45) is 0. The maximum Gasteiger partial charge on any atom is 0.0916 e. The first kappa shape index (κ1) is 12.6. The van der Waals surface area contributed by atoms with Gasteiger partial charge in [-0.3, -0.25) is 4.84 Å². The number of nitrogens with one attached hydrogen (secondary N) is 1. The molecule has 14 heavy (non-hydrogen) atoms. The molecule has 0 aliphatic heterocycles. The molecule has 0 atom stereocenters. The van der Waals surface area contributed by atoms with Crippen molar-refractivity contribution in [1.82, 2.24) is 5.48 Å². The highest BCUT2D eigenvalue weighted by atomic mass is 79.9. The molecule has 0 unspecified atom stereocenters. The Morgan fingerprint density at radius 2 is 2.21 bits per heavy atom. The van der Waals surface area contributed by atoms with Crippen molar-refractivity contribution < 1.29 is 9.57 Å². The van der Waals surface area contributed by atoms with Crippen molar-refractivity contribution in [2.45, 2.75) is 6.54 Å². The van der Waals surface area contributed by atoms with Gasteiger partial charge in [-0.05, 0) is 37.9 Å². The zero-order valence-corrected chi connectivity index (χ0v) is 11.7. The molecule has 0 saturated carbocycles. The second kappa shape index (κ2) is 6.92. The van der Waals surface area contributed by atoms with E-state index in [1.165, 1.54) is 4.88 Å². The quantitative estimate of drug-likeness (QED) is 0.635. The van der Waals surface area contributed by atoms with E-state index in [9.17, 15) is 0 Å². The number of hydroxylamine groups is 1. The van der Waals surface area contributed by atoms with E-state index in [1.807, 2.05) is 0 Å². The summed E-state index contributed by atoms with van der Waals surface area (Å²) in [5.41, 5.74) is 2.87. The van der Waals surface area contributed by atoms with Crippen LogP contribution in [0.2, 0.25) is 0 Å². The van der Waals surface area contributed by atoms with Crippen molar-refractivity contribution in [3.63, 3.8) is 0 Å². The molecule has 0 spiro atoms. The van der Waals surface area contributed by atoms with Gasteiger partial charge in [0.15, 0.2) is 0 Å². The third kappa shape index (κ3) is 4.37. The largest absolute Gasteiger partial charge is 0.382 e. The molecule has 1 aromatic rings. The predicted molar refractivity (Wildman–Crippen MR) is 64.4 cm³/mol. The first-order chi connectivity index (χ1) is 6.74. The molecule has 0 bridgehead atoms. The second-order valence-corrected chi connectivity index (χ2v) is 5.81. The Bertz CT molecular complexity index is 261. The molecule has 0 saturated heterocycles. The Kier molecular flexibility index (Phi) is 6.23. The van der Waals surface area contributed by atoms with E-state index in [0.717, 1.165) is 8.26 Å². The van der Waals surface area contributed by atoms with Gasteiger partial charge < -0.3 is 4.74 Å². The van der Waals surface area contributed by atoms with Gasteiger partial charge in [0.05, 0.1) is 23.5 Å². The Balaban J connectivity index is 2.18. The summed E-state index contributed by atoms with van der Waals surface area (Å²) >= 11 is 8.53. The van der Waals surface area contributed by atoms with Crippen LogP contribution in [-0.2, 0) is 16.1 Å². The van der Waals surface area contributed by atoms with Gasteiger partial charge in [-0.15, -0.1) is 11.3 Å². The third-order valence-electron chi connectivity index (χ3n) is 1.43. The summed E-state index contributed by atoms with van der Waals surface area (Å²) in [4.78, 5) is 6.34. The minimum Gasteiger partial charge on any atom is -0.382 e. The number of methoxy groups -OCH3 is 1. The SMILES string of the molecule is COCCONCc1cc(Br)c(Br)s1. The number of ether oxygens (including phenoxy) is 1. The van der Waals surface area contributed by atoms with Crippen LogP contribution < -0.4 is 5.48 Å². The Morgan fingerprint density at radius 3 is 2.79 bits per heavy atom. The standard InChI is InChI=1S/C8H11Br2NO2S/c1-12-2-3-13-11-5-6-4-7(9)8(10)14-6/h4,11H,2-3,5H2,1H3. The molecule has 0 amide bonds. The van der Waals surface area contributed by atoms with E-state index in [0.29, 0.717) is 19.8 Å². The van der Waals surface area contributed by atoms with Crippen molar-refractivity contribution in [3.05, 3.63) is 19.2 Å². The van der Waals surface area contributed by atoms with E-state index in [2.05, 4.69) is 43.4 Å². The smallest absolute Gasteiger partial charge is 0.0916 e. The summed E-state index contributed by atoms with van der Waals surface area (Å²) in [6.45, 7) is 1.87. The monoisotopic (exact) mass is 343 g/mol. The summed E-state index contributed by atoms with van der Waals surface area (Å²) in [5.74, 6) is 0. The molecule has 1 N–H and O–H groups in total. The molecule has 80 valence electrons. The van der Waals surface area contributed by atoms with Crippen molar-refractivity contribution in [2.75, 3.05) is 20.3 Å². The molecule has 0 radical (unpaired) electrons. The van der Waals surface area contributed by atoms with Crippen LogP contribution >= 0.6 is 43.2 Å². The number of hydrogen-bond donors (Lipinski definition) is 1. The van der Waals surface area contributed by atoms with Crippen LogP contribution in [0, 0.1) is 0 Å².